The topological polar surface area (TPSA) is 26.0 Å². The molecule has 1 nitrogen and oxygen atoms in total. The van der Waals surface area contributed by atoms with Crippen molar-refractivity contribution in [2.24, 2.45) is 11.1 Å². The van der Waals surface area contributed by atoms with Crippen molar-refractivity contribution >= 4 is 11.6 Å². The predicted molar refractivity (Wildman–Crippen MR) is 74.3 cm³/mol. The molecule has 1 unspecified atom stereocenters. The van der Waals surface area contributed by atoms with Gasteiger partial charge in [-0.15, -0.1) is 0 Å². The lowest BCUT2D eigenvalue weighted by atomic mass is 9.61. The van der Waals surface area contributed by atoms with Gasteiger partial charge < -0.3 is 5.73 Å². The molecule has 94 valence electrons. The van der Waals surface area contributed by atoms with Crippen LogP contribution in [0.2, 0.25) is 5.02 Å². The first kappa shape index (κ1) is 12.9. The molecule has 0 amide bonds. The minimum absolute atomic E-state index is 0.0874. The summed E-state index contributed by atoms with van der Waals surface area (Å²) in [7, 11) is 0. The van der Waals surface area contributed by atoms with Gasteiger partial charge in [0, 0.05) is 10.6 Å². The summed E-state index contributed by atoms with van der Waals surface area (Å²) < 4.78 is 0. The number of halogens is 1. The van der Waals surface area contributed by atoms with E-state index in [0.717, 1.165) is 17.9 Å². The molecule has 1 fully saturated rings. The van der Waals surface area contributed by atoms with Crippen LogP contribution in [0.1, 0.15) is 45.1 Å². The standard InChI is InChI=1S/C15H22ClN/c1-14(2)8-3-4-9-15(14,17)11-12-6-5-7-13(16)10-12/h5-7,10H,3-4,8-9,11,17H2,1-2H3. The second kappa shape index (κ2) is 4.62. The van der Waals surface area contributed by atoms with E-state index in [-0.39, 0.29) is 11.0 Å². The van der Waals surface area contributed by atoms with Crippen molar-refractivity contribution < 1.29 is 0 Å². The molecule has 2 N–H and O–H groups in total. The highest BCUT2D eigenvalue weighted by Crippen LogP contribution is 2.43. The van der Waals surface area contributed by atoms with Crippen LogP contribution in [0, 0.1) is 5.41 Å². The summed E-state index contributed by atoms with van der Waals surface area (Å²) in [6, 6.07) is 8.10. The highest BCUT2D eigenvalue weighted by atomic mass is 35.5. The van der Waals surface area contributed by atoms with Crippen molar-refractivity contribution in [1.29, 1.82) is 0 Å². The first-order chi connectivity index (χ1) is 7.93. The molecule has 1 aliphatic rings. The average Bonchev–Trinajstić information content (AvgIpc) is 2.23. The molecule has 0 aromatic heterocycles. The molecule has 1 aromatic carbocycles. The Morgan fingerprint density at radius 1 is 1.24 bits per heavy atom. The molecule has 0 bridgehead atoms. The third kappa shape index (κ3) is 2.66. The van der Waals surface area contributed by atoms with Crippen molar-refractivity contribution in [3.8, 4) is 0 Å². The molecule has 0 heterocycles. The van der Waals surface area contributed by atoms with Crippen molar-refractivity contribution in [2.75, 3.05) is 0 Å². The van der Waals surface area contributed by atoms with Crippen LogP contribution in [0.4, 0.5) is 0 Å². The summed E-state index contributed by atoms with van der Waals surface area (Å²) in [6.45, 7) is 4.60. The van der Waals surface area contributed by atoms with Crippen molar-refractivity contribution in [1.82, 2.24) is 0 Å². The van der Waals surface area contributed by atoms with E-state index in [2.05, 4.69) is 19.9 Å². The van der Waals surface area contributed by atoms with E-state index in [1.165, 1.54) is 24.8 Å². The van der Waals surface area contributed by atoms with Crippen LogP contribution < -0.4 is 5.73 Å². The van der Waals surface area contributed by atoms with Crippen LogP contribution in [0.15, 0.2) is 24.3 Å². The number of rotatable bonds is 2. The number of benzene rings is 1. The van der Waals surface area contributed by atoms with Gasteiger partial charge in [0.2, 0.25) is 0 Å². The average molecular weight is 252 g/mol. The molecule has 2 heteroatoms. The van der Waals surface area contributed by atoms with Gasteiger partial charge in [-0.3, -0.25) is 0 Å². The van der Waals surface area contributed by atoms with Gasteiger partial charge in [0.1, 0.15) is 0 Å². The molecule has 0 aliphatic heterocycles. The lowest BCUT2D eigenvalue weighted by molar-refractivity contribution is 0.0990. The third-order valence-corrected chi connectivity index (χ3v) is 4.67. The normalized spacial score (nSPS) is 28.0. The maximum absolute atomic E-state index is 6.68. The summed E-state index contributed by atoms with van der Waals surface area (Å²) in [6.07, 6.45) is 5.83. The summed E-state index contributed by atoms with van der Waals surface area (Å²) in [4.78, 5) is 0. The zero-order chi connectivity index (χ0) is 12.5. The van der Waals surface area contributed by atoms with Gasteiger partial charge in [-0.05, 0) is 42.4 Å². The molecule has 1 aromatic rings. The molecule has 0 spiro atoms. The van der Waals surface area contributed by atoms with Crippen LogP contribution >= 0.6 is 11.6 Å². The van der Waals surface area contributed by atoms with Gasteiger partial charge in [-0.25, -0.2) is 0 Å². The smallest absolute Gasteiger partial charge is 0.0408 e. The lowest BCUT2D eigenvalue weighted by Crippen LogP contribution is -2.56. The summed E-state index contributed by atoms with van der Waals surface area (Å²) >= 11 is 6.04. The van der Waals surface area contributed by atoms with E-state index in [1.807, 2.05) is 18.2 Å². The molecule has 17 heavy (non-hydrogen) atoms. The van der Waals surface area contributed by atoms with E-state index < -0.39 is 0 Å². The van der Waals surface area contributed by atoms with Gasteiger partial charge in [-0.2, -0.15) is 0 Å². The molecular formula is C15H22ClN. The van der Waals surface area contributed by atoms with E-state index in [4.69, 9.17) is 17.3 Å². The molecule has 1 aliphatic carbocycles. The second-order valence-corrected chi connectivity index (χ2v) is 6.49. The van der Waals surface area contributed by atoms with Crippen molar-refractivity contribution in [2.45, 2.75) is 51.5 Å². The zero-order valence-corrected chi connectivity index (χ0v) is 11.6. The van der Waals surface area contributed by atoms with Crippen LogP contribution in [-0.2, 0) is 6.42 Å². The first-order valence-corrected chi connectivity index (χ1v) is 6.84. The van der Waals surface area contributed by atoms with Crippen LogP contribution in [-0.4, -0.2) is 5.54 Å². The molecule has 0 saturated heterocycles. The quantitative estimate of drug-likeness (QED) is 0.839. The molecule has 1 atom stereocenters. The Kier molecular flexibility index (Phi) is 3.51. The maximum atomic E-state index is 6.68. The van der Waals surface area contributed by atoms with Crippen molar-refractivity contribution in [3.63, 3.8) is 0 Å². The number of nitrogens with two attached hydrogens (primary N) is 1. The molecule has 0 radical (unpaired) electrons. The number of hydrogen-bond donors (Lipinski definition) is 1. The fourth-order valence-corrected chi connectivity index (χ4v) is 3.15. The van der Waals surface area contributed by atoms with Gasteiger partial charge in [0.25, 0.3) is 0 Å². The predicted octanol–water partition coefficient (Wildman–Crippen LogP) is 4.18. The van der Waals surface area contributed by atoms with E-state index in [0.29, 0.717) is 0 Å². The highest BCUT2D eigenvalue weighted by Gasteiger charge is 2.43. The second-order valence-electron chi connectivity index (χ2n) is 6.05. The minimum atomic E-state index is -0.0874. The molecule has 1 saturated carbocycles. The Bertz CT molecular complexity index is 400. The Hall–Kier alpha value is -0.530. The molecule has 2 rings (SSSR count). The fraction of sp³-hybridized carbons (Fsp3) is 0.600. The van der Waals surface area contributed by atoms with Gasteiger partial charge >= 0.3 is 0 Å². The Morgan fingerprint density at radius 2 is 1.94 bits per heavy atom. The fourth-order valence-electron chi connectivity index (χ4n) is 2.93. The van der Waals surface area contributed by atoms with Gasteiger partial charge in [0.05, 0.1) is 0 Å². The zero-order valence-electron chi connectivity index (χ0n) is 10.8. The summed E-state index contributed by atoms with van der Waals surface area (Å²) in [5.74, 6) is 0. The summed E-state index contributed by atoms with van der Waals surface area (Å²) in [5, 5.41) is 0.805. The maximum Gasteiger partial charge on any atom is 0.0408 e. The number of hydrogen-bond acceptors (Lipinski definition) is 1. The van der Waals surface area contributed by atoms with Crippen LogP contribution in [0.5, 0.6) is 0 Å². The SMILES string of the molecule is CC1(C)CCCCC1(N)Cc1cccc(Cl)c1. The van der Waals surface area contributed by atoms with E-state index >= 15 is 0 Å². The Morgan fingerprint density at radius 3 is 2.59 bits per heavy atom. The van der Waals surface area contributed by atoms with Crippen LogP contribution in [0.3, 0.4) is 0 Å². The van der Waals surface area contributed by atoms with Crippen molar-refractivity contribution in [3.05, 3.63) is 34.9 Å². The highest BCUT2D eigenvalue weighted by molar-refractivity contribution is 6.30. The molecular weight excluding hydrogens is 230 g/mol. The first-order valence-electron chi connectivity index (χ1n) is 6.46. The monoisotopic (exact) mass is 251 g/mol. The Balaban J connectivity index is 2.21. The van der Waals surface area contributed by atoms with Gasteiger partial charge in [-0.1, -0.05) is 50.4 Å². The largest absolute Gasteiger partial charge is 0.324 e. The van der Waals surface area contributed by atoms with Gasteiger partial charge in [0.15, 0.2) is 0 Å². The minimum Gasteiger partial charge on any atom is -0.324 e. The third-order valence-electron chi connectivity index (χ3n) is 4.43. The summed E-state index contributed by atoms with van der Waals surface area (Å²) in [5.41, 5.74) is 8.06. The lowest BCUT2D eigenvalue weighted by Gasteiger charge is -2.48. The van der Waals surface area contributed by atoms with E-state index in [1.54, 1.807) is 0 Å². The van der Waals surface area contributed by atoms with E-state index in [9.17, 15) is 0 Å². The Labute approximate surface area is 109 Å². The van der Waals surface area contributed by atoms with Crippen LogP contribution in [0.25, 0.3) is 0 Å².